The van der Waals surface area contributed by atoms with Gasteiger partial charge in [-0.1, -0.05) is 82.1 Å². The minimum absolute atomic E-state index is 0.152. The summed E-state index contributed by atoms with van der Waals surface area (Å²) in [5.41, 5.74) is 2.21. The SMILES string of the molecule is COC(=O)CCCc1ccc(C(O)CCCCCC2CCCCC2)cc1. The Morgan fingerprint density at radius 1 is 1.08 bits per heavy atom. The second-order valence-corrected chi connectivity index (χ2v) is 7.83. The van der Waals surface area contributed by atoms with Crippen LogP contribution in [0.1, 0.15) is 94.3 Å². The van der Waals surface area contributed by atoms with Crippen molar-refractivity contribution < 1.29 is 14.6 Å². The Labute approximate surface area is 159 Å². The summed E-state index contributed by atoms with van der Waals surface area (Å²) in [4.78, 5) is 11.1. The van der Waals surface area contributed by atoms with E-state index in [4.69, 9.17) is 0 Å². The fourth-order valence-electron chi connectivity index (χ4n) is 4.04. The number of aryl methyl sites for hydroxylation is 1. The molecule has 146 valence electrons. The summed E-state index contributed by atoms with van der Waals surface area (Å²) in [5, 5.41) is 10.4. The van der Waals surface area contributed by atoms with Crippen LogP contribution in [-0.4, -0.2) is 18.2 Å². The monoisotopic (exact) mass is 360 g/mol. The Kier molecular flexibility index (Phi) is 9.76. The average Bonchev–Trinajstić information content (AvgIpc) is 2.68. The molecule has 0 amide bonds. The lowest BCUT2D eigenvalue weighted by atomic mass is 9.85. The third-order valence-electron chi connectivity index (χ3n) is 5.75. The third-order valence-corrected chi connectivity index (χ3v) is 5.75. The first-order valence-corrected chi connectivity index (χ1v) is 10.5. The molecular formula is C23H36O3. The molecule has 0 spiro atoms. The summed E-state index contributed by atoms with van der Waals surface area (Å²) >= 11 is 0. The molecule has 0 aliphatic heterocycles. The molecule has 1 aromatic carbocycles. The van der Waals surface area contributed by atoms with Gasteiger partial charge in [-0.25, -0.2) is 0 Å². The fraction of sp³-hybridized carbons (Fsp3) is 0.696. The van der Waals surface area contributed by atoms with E-state index in [2.05, 4.69) is 16.9 Å². The van der Waals surface area contributed by atoms with Gasteiger partial charge in [0.05, 0.1) is 13.2 Å². The normalized spacial score (nSPS) is 16.4. The standard InChI is InChI=1S/C23H36O3/c1-26-23(25)14-8-12-20-15-17-21(18-16-20)22(24)13-7-3-6-11-19-9-4-2-5-10-19/h15-19,22,24H,2-14H2,1H3. The predicted molar refractivity (Wildman–Crippen MR) is 106 cm³/mol. The molecule has 1 fully saturated rings. The van der Waals surface area contributed by atoms with E-state index in [1.807, 2.05) is 12.1 Å². The molecule has 1 saturated carbocycles. The minimum Gasteiger partial charge on any atom is -0.469 e. The Balaban J connectivity index is 1.59. The summed E-state index contributed by atoms with van der Waals surface area (Å²) in [7, 11) is 1.43. The largest absolute Gasteiger partial charge is 0.469 e. The number of aliphatic hydroxyl groups excluding tert-OH is 1. The van der Waals surface area contributed by atoms with Gasteiger partial charge >= 0.3 is 5.97 Å². The van der Waals surface area contributed by atoms with Crippen LogP contribution in [0.4, 0.5) is 0 Å². The summed E-state index contributed by atoms with van der Waals surface area (Å²) in [6.45, 7) is 0. The number of rotatable bonds is 11. The number of hydrogen-bond donors (Lipinski definition) is 1. The number of hydrogen-bond acceptors (Lipinski definition) is 3. The number of aliphatic hydroxyl groups is 1. The maximum Gasteiger partial charge on any atom is 0.305 e. The molecule has 26 heavy (non-hydrogen) atoms. The van der Waals surface area contributed by atoms with Crippen LogP contribution in [0.2, 0.25) is 0 Å². The number of carbonyl (C=O) groups is 1. The van der Waals surface area contributed by atoms with Crippen molar-refractivity contribution >= 4 is 5.97 Å². The van der Waals surface area contributed by atoms with Gasteiger partial charge in [0.15, 0.2) is 0 Å². The zero-order valence-corrected chi connectivity index (χ0v) is 16.4. The lowest BCUT2D eigenvalue weighted by molar-refractivity contribution is -0.140. The molecule has 0 aromatic heterocycles. The van der Waals surface area contributed by atoms with Gasteiger partial charge < -0.3 is 9.84 Å². The molecule has 0 heterocycles. The number of carbonyl (C=O) groups excluding carboxylic acids is 1. The zero-order valence-electron chi connectivity index (χ0n) is 16.4. The molecule has 0 bridgehead atoms. The van der Waals surface area contributed by atoms with Crippen LogP contribution in [0.5, 0.6) is 0 Å². The molecule has 1 aromatic rings. The Bertz CT molecular complexity index is 503. The zero-order chi connectivity index (χ0) is 18.6. The van der Waals surface area contributed by atoms with Gasteiger partial charge in [0, 0.05) is 6.42 Å². The quantitative estimate of drug-likeness (QED) is 0.404. The topological polar surface area (TPSA) is 46.5 Å². The number of methoxy groups -OCH3 is 1. The predicted octanol–water partition coefficient (Wildman–Crippen LogP) is 5.75. The first kappa shape index (κ1) is 21.0. The van der Waals surface area contributed by atoms with Gasteiger partial charge in [0.25, 0.3) is 0 Å². The molecule has 0 saturated heterocycles. The molecule has 3 nitrogen and oxygen atoms in total. The molecule has 1 N–H and O–H groups in total. The van der Waals surface area contributed by atoms with E-state index in [0.29, 0.717) is 6.42 Å². The summed E-state index contributed by atoms with van der Waals surface area (Å²) in [6, 6.07) is 8.19. The van der Waals surface area contributed by atoms with E-state index in [0.717, 1.165) is 37.2 Å². The van der Waals surface area contributed by atoms with Gasteiger partial charge in [-0.3, -0.25) is 4.79 Å². The van der Waals surface area contributed by atoms with Crippen LogP contribution < -0.4 is 0 Å². The van der Waals surface area contributed by atoms with Crippen LogP contribution >= 0.6 is 0 Å². The van der Waals surface area contributed by atoms with Crippen LogP contribution in [0.15, 0.2) is 24.3 Å². The van der Waals surface area contributed by atoms with Gasteiger partial charge in [-0.15, -0.1) is 0 Å². The average molecular weight is 361 g/mol. The first-order chi connectivity index (χ1) is 12.7. The van der Waals surface area contributed by atoms with Crippen LogP contribution in [0.3, 0.4) is 0 Å². The van der Waals surface area contributed by atoms with Crippen molar-refractivity contribution in [3.63, 3.8) is 0 Å². The van der Waals surface area contributed by atoms with Crippen molar-refractivity contribution in [1.29, 1.82) is 0 Å². The van der Waals surface area contributed by atoms with Crippen molar-refractivity contribution in [1.82, 2.24) is 0 Å². The van der Waals surface area contributed by atoms with Crippen LogP contribution in [0, 0.1) is 5.92 Å². The number of unbranched alkanes of at least 4 members (excludes halogenated alkanes) is 2. The van der Waals surface area contributed by atoms with E-state index < -0.39 is 0 Å². The molecule has 2 rings (SSSR count). The Morgan fingerprint density at radius 3 is 2.50 bits per heavy atom. The first-order valence-electron chi connectivity index (χ1n) is 10.5. The maximum atomic E-state index is 11.1. The van der Waals surface area contributed by atoms with E-state index in [1.54, 1.807) is 0 Å². The molecular weight excluding hydrogens is 324 g/mol. The summed E-state index contributed by atoms with van der Waals surface area (Å²) in [5.74, 6) is 0.820. The van der Waals surface area contributed by atoms with E-state index in [1.165, 1.54) is 64.0 Å². The van der Waals surface area contributed by atoms with Gasteiger partial charge in [0.2, 0.25) is 0 Å². The Morgan fingerprint density at radius 2 is 1.81 bits per heavy atom. The number of benzene rings is 1. The van der Waals surface area contributed by atoms with Crippen molar-refractivity contribution in [2.24, 2.45) is 5.92 Å². The number of esters is 1. The molecule has 1 aliphatic rings. The summed E-state index contributed by atoms with van der Waals surface area (Å²) < 4.78 is 4.66. The van der Waals surface area contributed by atoms with E-state index >= 15 is 0 Å². The second kappa shape index (κ2) is 12.1. The van der Waals surface area contributed by atoms with Crippen molar-refractivity contribution in [2.75, 3.05) is 7.11 Å². The number of ether oxygens (including phenoxy) is 1. The van der Waals surface area contributed by atoms with Crippen LogP contribution in [-0.2, 0) is 16.0 Å². The minimum atomic E-state index is -0.353. The maximum absolute atomic E-state index is 11.1. The van der Waals surface area contributed by atoms with E-state index in [-0.39, 0.29) is 12.1 Å². The molecule has 1 unspecified atom stereocenters. The smallest absolute Gasteiger partial charge is 0.305 e. The van der Waals surface area contributed by atoms with Crippen molar-refractivity contribution in [2.45, 2.75) is 89.6 Å². The third kappa shape index (κ3) is 7.90. The van der Waals surface area contributed by atoms with Gasteiger partial charge in [-0.05, 0) is 36.3 Å². The van der Waals surface area contributed by atoms with Crippen LogP contribution in [0.25, 0.3) is 0 Å². The molecule has 1 atom stereocenters. The highest BCUT2D eigenvalue weighted by Gasteiger charge is 2.13. The lowest BCUT2D eigenvalue weighted by Gasteiger charge is -2.21. The van der Waals surface area contributed by atoms with Crippen molar-refractivity contribution in [3.05, 3.63) is 35.4 Å². The highest BCUT2D eigenvalue weighted by molar-refractivity contribution is 5.69. The van der Waals surface area contributed by atoms with Gasteiger partial charge in [0.1, 0.15) is 0 Å². The highest BCUT2D eigenvalue weighted by Crippen LogP contribution is 2.28. The molecule has 0 radical (unpaired) electrons. The highest BCUT2D eigenvalue weighted by atomic mass is 16.5. The Hall–Kier alpha value is -1.35. The van der Waals surface area contributed by atoms with Crippen molar-refractivity contribution in [3.8, 4) is 0 Å². The van der Waals surface area contributed by atoms with Gasteiger partial charge in [-0.2, -0.15) is 0 Å². The molecule has 3 heteroatoms. The van der Waals surface area contributed by atoms with E-state index in [9.17, 15) is 9.90 Å². The fourth-order valence-corrected chi connectivity index (χ4v) is 4.04. The summed E-state index contributed by atoms with van der Waals surface area (Å²) in [6.07, 6.45) is 14.9. The second-order valence-electron chi connectivity index (χ2n) is 7.83. The lowest BCUT2D eigenvalue weighted by Crippen LogP contribution is -2.05. The molecule has 1 aliphatic carbocycles.